The Bertz CT molecular complexity index is 689. The minimum Gasteiger partial charge on any atom is -0.362 e. The van der Waals surface area contributed by atoms with Crippen LogP contribution in [0.5, 0.6) is 0 Å². The predicted octanol–water partition coefficient (Wildman–Crippen LogP) is 2.94. The number of anilines is 1. The van der Waals surface area contributed by atoms with Gasteiger partial charge in [0.25, 0.3) is 0 Å². The van der Waals surface area contributed by atoms with Crippen molar-refractivity contribution in [2.24, 2.45) is 0 Å². The van der Waals surface area contributed by atoms with Crippen LogP contribution in [0.1, 0.15) is 5.56 Å². The average Bonchev–Trinajstić information content (AvgIpc) is 2.79. The second kappa shape index (κ2) is 5.07. The number of rotatable bonds is 0. The summed E-state index contributed by atoms with van der Waals surface area (Å²) in [6, 6.07) is 9.31. The van der Waals surface area contributed by atoms with Gasteiger partial charge in [-0.3, -0.25) is 0 Å². The van der Waals surface area contributed by atoms with Crippen molar-refractivity contribution in [3.05, 3.63) is 71.0 Å². The van der Waals surface area contributed by atoms with Gasteiger partial charge in [0.15, 0.2) is 0 Å². The van der Waals surface area contributed by atoms with Crippen LogP contribution in [0.15, 0.2) is 65.4 Å². The van der Waals surface area contributed by atoms with E-state index in [9.17, 15) is 0 Å². The van der Waals surface area contributed by atoms with Crippen LogP contribution in [0.2, 0.25) is 0 Å². The molecule has 2 heterocycles. The first-order valence-electron chi connectivity index (χ1n) is 7.68. The topological polar surface area (TPSA) is 6.48 Å². The zero-order chi connectivity index (χ0) is 14.2. The Morgan fingerprint density at radius 2 is 2.10 bits per heavy atom. The van der Waals surface area contributed by atoms with Crippen LogP contribution in [-0.4, -0.2) is 37.6 Å². The summed E-state index contributed by atoms with van der Waals surface area (Å²) < 4.78 is 0. The summed E-state index contributed by atoms with van der Waals surface area (Å²) in [4.78, 5) is 5.03. The number of fused-ring (bicyclic) bond motifs is 4. The molecule has 21 heavy (non-hydrogen) atoms. The number of benzene rings is 1. The molecule has 1 unspecified atom stereocenters. The van der Waals surface area contributed by atoms with Crippen LogP contribution in [0, 0.1) is 0 Å². The van der Waals surface area contributed by atoms with E-state index in [1.807, 2.05) is 6.08 Å². The van der Waals surface area contributed by atoms with E-state index >= 15 is 0 Å². The third kappa shape index (κ3) is 2.17. The second-order valence-electron chi connectivity index (χ2n) is 6.09. The molecule has 1 aliphatic carbocycles. The molecule has 0 amide bonds. The number of para-hydroxylation sites is 1. The molecule has 1 saturated heterocycles. The molecule has 0 N–H and O–H groups in total. The largest absolute Gasteiger partial charge is 0.362 e. The van der Waals surface area contributed by atoms with E-state index in [-0.39, 0.29) is 0 Å². The number of piperazine rings is 1. The molecule has 0 radical (unpaired) electrons. The molecule has 0 aromatic heterocycles. The molecule has 1 aromatic carbocycles. The van der Waals surface area contributed by atoms with Gasteiger partial charge in [0.1, 0.15) is 0 Å². The van der Waals surface area contributed by atoms with E-state index in [2.05, 4.69) is 65.1 Å². The number of nitrogens with zero attached hydrogens (tertiary/aromatic N) is 2. The first-order chi connectivity index (χ1) is 10.3. The van der Waals surface area contributed by atoms with Crippen molar-refractivity contribution in [3.8, 4) is 0 Å². The fourth-order valence-electron chi connectivity index (χ4n) is 3.64. The third-order valence-electron chi connectivity index (χ3n) is 4.72. The molecule has 2 aliphatic heterocycles. The molecule has 4 rings (SSSR count). The van der Waals surface area contributed by atoms with Crippen LogP contribution >= 0.6 is 0 Å². The van der Waals surface area contributed by atoms with Crippen molar-refractivity contribution < 1.29 is 0 Å². The first-order valence-corrected chi connectivity index (χ1v) is 7.68. The molecule has 2 heteroatoms. The minimum atomic E-state index is 0.436. The molecule has 1 fully saturated rings. The summed E-state index contributed by atoms with van der Waals surface area (Å²) in [5.74, 6) is 0. The number of hydrogen-bond donors (Lipinski definition) is 0. The highest BCUT2D eigenvalue weighted by Gasteiger charge is 2.32. The van der Waals surface area contributed by atoms with Crippen molar-refractivity contribution in [3.63, 3.8) is 0 Å². The van der Waals surface area contributed by atoms with Gasteiger partial charge in [-0.1, -0.05) is 30.4 Å². The maximum absolute atomic E-state index is 3.31. The van der Waals surface area contributed by atoms with Gasteiger partial charge in [0, 0.05) is 25.3 Å². The fourth-order valence-corrected chi connectivity index (χ4v) is 3.64. The zero-order valence-electron chi connectivity index (χ0n) is 12.4. The normalized spacial score (nSPS) is 24.2. The molecule has 2 nitrogen and oxygen atoms in total. The average molecular weight is 276 g/mol. The van der Waals surface area contributed by atoms with Gasteiger partial charge in [-0.05, 0) is 48.4 Å². The van der Waals surface area contributed by atoms with E-state index in [0.29, 0.717) is 6.04 Å². The minimum absolute atomic E-state index is 0.436. The van der Waals surface area contributed by atoms with Crippen LogP contribution < -0.4 is 4.90 Å². The number of allylic oxidation sites excluding steroid dienone is 3. The number of likely N-dealkylation sites (N-methyl/N-ethyl adjacent to an activating group) is 1. The van der Waals surface area contributed by atoms with Crippen LogP contribution in [0.4, 0.5) is 5.69 Å². The molecule has 1 atom stereocenters. The van der Waals surface area contributed by atoms with Gasteiger partial charge < -0.3 is 9.80 Å². The summed E-state index contributed by atoms with van der Waals surface area (Å²) >= 11 is 0. The van der Waals surface area contributed by atoms with Crippen LogP contribution in [0.3, 0.4) is 0 Å². The molecule has 3 aliphatic rings. The monoisotopic (exact) mass is 276 g/mol. The number of hydrogen-bond acceptors (Lipinski definition) is 2. The Kier molecular flexibility index (Phi) is 3.07. The summed E-state index contributed by atoms with van der Waals surface area (Å²) in [5.41, 5.74) is 9.03. The predicted molar refractivity (Wildman–Crippen MR) is 87.6 cm³/mol. The highest BCUT2D eigenvalue weighted by molar-refractivity contribution is 5.63. The molecular weight excluding hydrogens is 256 g/mol. The smallest absolute Gasteiger partial charge is 0.0678 e. The first kappa shape index (κ1) is 12.7. The van der Waals surface area contributed by atoms with E-state index in [1.54, 1.807) is 0 Å². The Balaban J connectivity index is 1.89. The van der Waals surface area contributed by atoms with E-state index < -0.39 is 0 Å². The van der Waals surface area contributed by atoms with Gasteiger partial charge in [-0.15, -0.1) is 5.73 Å². The molecule has 1 aromatic rings. The second-order valence-corrected chi connectivity index (χ2v) is 6.09. The molecule has 0 spiro atoms. The summed E-state index contributed by atoms with van der Waals surface area (Å²) in [6.07, 6.45) is 9.60. The zero-order valence-corrected chi connectivity index (χ0v) is 12.4. The van der Waals surface area contributed by atoms with Crippen molar-refractivity contribution in [1.82, 2.24) is 4.90 Å². The third-order valence-corrected chi connectivity index (χ3v) is 4.72. The van der Waals surface area contributed by atoms with E-state index in [4.69, 9.17) is 0 Å². The van der Waals surface area contributed by atoms with Crippen LogP contribution in [0.25, 0.3) is 0 Å². The van der Waals surface area contributed by atoms with Gasteiger partial charge in [-0.25, -0.2) is 0 Å². The Labute approximate surface area is 126 Å². The van der Waals surface area contributed by atoms with Crippen molar-refractivity contribution >= 4 is 5.69 Å². The SMILES string of the molecule is CN1CCN2c3ccccc3CC3=C(C=C=CC=C3)C2C1. The van der Waals surface area contributed by atoms with Gasteiger partial charge >= 0.3 is 0 Å². The lowest BCUT2D eigenvalue weighted by Gasteiger charge is -2.42. The maximum Gasteiger partial charge on any atom is 0.0678 e. The lowest BCUT2D eigenvalue weighted by atomic mass is 9.96. The molecule has 0 bridgehead atoms. The van der Waals surface area contributed by atoms with Gasteiger partial charge in [0.05, 0.1) is 6.04 Å². The van der Waals surface area contributed by atoms with Crippen molar-refractivity contribution in [2.75, 3.05) is 31.6 Å². The lowest BCUT2D eigenvalue weighted by molar-refractivity contribution is 0.283. The van der Waals surface area contributed by atoms with Crippen molar-refractivity contribution in [1.29, 1.82) is 0 Å². The van der Waals surface area contributed by atoms with Crippen LogP contribution in [-0.2, 0) is 6.42 Å². The summed E-state index contributed by atoms with van der Waals surface area (Å²) in [5, 5.41) is 0. The standard InChI is InChI=1S/C19H20N2/c1-20-11-12-21-18-10-6-5-8-16(18)13-15-7-3-2-4-9-17(15)19(21)14-20/h2-3,5-10,19H,11-14H2,1H3. The van der Waals surface area contributed by atoms with Crippen molar-refractivity contribution in [2.45, 2.75) is 12.5 Å². The Morgan fingerprint density at radius 3 is 3.05 bits per heavy atom. The quantitative estimate of drug-likeness (QED) is 0.672. The highest BCUT2D eigenvalue weighted by Crippen LogP contribution is 2.35. The fraction of sp³-hybridized carbons (Fsp3) is 0.316. The Hall–Kier alpha value is -2.02. The molecule has 0 saturated carbocycles. The molecule has 106 valence electrons. The van der Waals surface area contributed by atoms with Gasteiger partial charge in [0.2, 0.25) is 0 Å². The molecular formula is C19H20N2. The van der Waals surface area contributed by atoms with Gasteiger partial charge in [-0.2, -0.15) is 0 Å². The highest BCUT2D eigenvalue weighted by atomic mass is 15.3. The Morgan fingerprint density at radius 1 is 1.19 bits per heavy atom. The van der Waals surface area contributed by atoms with E-state index in [1.165, 1.54) is 22.4 Å². The summed E-state index contributed by atoms with van der Waals surface area (Å²) in [7, 11) is 2.22. The lowest BCUT2D eigenvalue weighted by Crippen LogP contribution is -2.52. The summed E-state index contributed by atoms with van der Waals surface area (Å²) in [6.45, 7) is 3.30. The maximum atomic E-state index is 3.31. The van der Waals surface area contributed by atoms with E-state index in [0.717, 1.165) is 26.1 Å².